The maximum atomic E-state index is 5.83. The Morgan fingerprint density at radius 1 is 1.35 bits per heavy atom. The zero-order chi connectivity index (χ0) is 14.5. The summed E-state index contributed by atoms with van der Waals surface area (Å²) < 4.78 is 16.8. The monoisotopic (exact) mass is 280 g/mol. The van der Waals surface area contributed by atoms with Gasteiger partial charge in [0.1, 0.15) is 11.5 Å². The summed E-state index contributed by atoms with van der Waals surface area (Å²) in [5.74, 6) is 7.72. The number of hydrogen-bond acceptors (Lipinski definition) is 5. The highest BCUT2D eigenvalue weighted by molar-refractivity contribution is 5.47. The fraction of sp³-hybridized carbons (Fsp3) is 0.600. The third-order valence-electron chi connectivity index (χ3n) is 4.05. The molecule has 1 aliphatic heterocycles. The van der Waals surface area contributed by atoms with E-state index in [-0.39, 0.29) is 12.1 Å². The lowest BCUT2D eigenvalue weighted by Crippen LogP contribution is -2.37. The summed E-state index contributed by atoms with van der Waals surface area (Å²) in [4.78, 5) is 0. The van der Waals surface area contributed by atoms with Crippen molar-refractivity contribution in [2.75, 3.05) is 20.8 Å². The molecule has 20 heavy (non-hydrogen) atoms. The molecule has 5 heteroatoms. The molecular weight excluding hydrogens is 256 g/mol. The fourth-order valence-electron chi connectivity index (χ4n) is 3.07. The van der Waals surface area contributed by atoms with Gasteiger partial charge in [-0.15, -0.1) is 0 Å². The van der Waals surface area contributed by atoms with Crippen LogP contribution in [0.1, 0.15) is 31.4 Å². The number of hydrogen-bond donors (Lipinski definition) is 2. The van der Waals surface area contributed by atoms with Crippen LogP contribution >= 0.6 is 0 Å². The number of hydrazine groups is 1. The van der Waals surface area contributed by atoms with Gasteiger partial charge in [-0.3, -0.25) is 11.3 Å². The molecule has 1 fully saturated rings. The van der Waals surface area contributed by atoms with Crippen LogP contribution in [-0.2, 0) is 4.74 Å². The summed E-state index contributed by atoms with van der Waals surface area (Å²) >= 11 is 0. The highest BCUT2D eigenvalue weighted by atomic mass is 16.5. The Hall–Kier alpha value is -1.30. The largest absolute Gasteiger partial charge is 0.496 e. The van der Waals surface area contributed by atoms with Crippen LogP contribution in [0.4, 0.5) is 0 Å². The molecule has 0 amide bonds. The van der Waals surface area contributed by atoms with E-state index in [1.54, 1.807) is 14.2 Å². The number of ether oxygens (including phenoxy) is 3. The van der Waals surface area contributed by atoms with Crippen LogP contribution in [0, 0.1) is 5.92 Å². The van der Waals surface area contributed by atoms with Gasteiger partial charge in [0, 0.05) is 12.5 Å². The maximum Gasteiger partial charge on any atom is 0.127 e. The predicted octanol–water partition coefficient (Wildman–Crippen LogP) is 2.02. The molecule has 0 saturated carbocycles. The Kier molecular flexibility index (Phi) is 5.23. The summed E-state index contributed by atoms with van der Waals surface area (Å²) in [5, 5.41) is 0. The summed E-state index contributed by atoms with van der Waals surface area (Å²) in [6, 6.07) is 5.73. The first kappa shape index (κ1) is 15.1. The summed E-state index contributed by atoms with van der Waals surface area (Å²) in [7, 11) is 3.32. The number of methoxy groups -OCH3 is 2. The molecule has 1 aromatic carbocycles. The fourth-order valence-corrected chi connectivity index (χ4v) is 3.07. The molecule has 0 bridgehead atoms. The molecule has 2 rings (SSSR count). The SMILES string of the molecule is CCC1OCCC1C(NN)c1c(OC)cccc1OC. The van der Waals surface area contributed by atoms with Gasteiger partial charge < -0.3 is 14.2 Å². The lowest BCUT2D eigenvalue weighted by Gasteiger charge is -2.29. The van der Waals surface area contributed by atoms with Gasteiger partial charge in [-0.1, -0.05) is 13.0 Å². The quantitative estimate of drug-likeness (QED) is 0.616. The molecule has 5 nitrogen and oxygen atoms in total. The molecule has 1 aromatic rings. The minimum atomic E-state index is -0.0476. The van der Waals surface area contributed by atoms with Gasteiger partial charge in [-0.2, -0.15) is 0 Å². The van der Waals surface area contributed by atoms with E-state index in [0.717, 1.165) is 36.5 Å². The summed E-state index contributed by atoms with van der Waals surface area (Å²) in [6.45, 7) is 2.91. The zero-order valence-corrected chi connectivity index (χ0v) is 12.4. The first-order chi connectivity index (χ1) is 9.76. The molecule has 1 saturated heterocycles. The smallest absolute Gasteiger partial charge is 0.127 e. The Morgan fingerprint density at radius 3 is 2.50 bits per heavy atom. The third-order valence-corrected chi connectivity index (χ3v) is 4.05. The molecule has 112 valence electrons. The summed E-state index contributed by atoms with van der Waals surface area (Å²) in [6.07, 6.45) is 2.17. The average Bonchev–Trinajstić information content (AvgIpc) is 2.96. The predicted molar refractivity (Wildman–Crippen MR) is 77.7 cm³/mol. The Balaban J connectivity index is 2.40. The van der Waals surface area contributed by atoms with E-state index in [4.69, 9.17) is 20.1 Å². The number of nitrogens with one attached hydrogen (secondary N) is 1. The lowest BCUT2D eigenvalue weighted by atomic mass is 9.86. The minimum Gasteiger partial charge on any atom is -0.496 e. The van der Waals surface area contributed by atoms with Gasteiger partial charge in [-0.05, 0) is 25.0 Å². The zero-order valence-electron chi connectivity index (χ0n) is 12.4. The van der Waals surface area contributed by atoms with Crippen molar-refractivity contribution in [3.63, 3.8) is 0 Å². The van der Waals surface area contributed by atoms with Crippen LogP contribution in [0.2, 0.25) is 0 Å². The van der Waals surface area contributed by atoms with E-state index in [9.17, 15) is 0 Å². The van der Waals surface area contributed by atoms with Crippen molar-refractivity contribution < 1.29 is 14.2 Å². The second kappa shape index (κ2) is 6.92. The van der Waals surface area contributed by atoms with Crippen molar-refractivity contribution in [3.8, 4) is 11.5 Å². The standard InChI is InChI=1S/C15H24N2O3/c1-4-11-10(8-9-20-11)15(17-16)14-12(18-2)6-5-7-13(14)19-3/h5-7,10-11,15,17H,4,8-9,16H2,1-3H3. The van der Waals surface area contributed by atoms with Crippen LogP contribution in [-0.4, -0.2) is 26.9 Å². The number of nitrogens with two attached hydrogens (primary N) is 1. The van der Waals surface area contributed by atoms with Crippen molar-refractivity contribution in [2.24, 2.45) is 11.8 Å². The van der Waals surface area contributed by atoms with Crippen molar-refractivity contribution >= 4 is 0 Å². The van der Waals surface area contributed by atoms with Crippen molar-refractivity contribution in [3.05, 3.63) is 23.8 Å². The van der Waals surface area contributed by atoms with Crippen molar-refractivity contribution in [1.29, 1.82) is 0 Å². The lowest BCUT2D eigenvalue weighted by molar-refractivity contribution is 0.0768. The van der Waals surface area contributed by atoms with Crippen LogP contribution in [0.25, 0.3) is 0 Å². The molecular formula is C15H24N2O3. The first-order valence-electron chi connectivity index (χ1n) is 7.05. The Morgan fingerprint density at radius 2 is 2.00 bits per heavy atom. The average molecular weight is 280 g/mol. The highest BCUT2D eigenvalue weighted by Crippen LogP contribution is 2.42. The van der Waals surface area contributed by atoms with Crippen molar-refractivity contribution in [2.45, 2.75) is 31.9 Å². The summed E-state index contributed by atoms with van der Waals surface area (Å²) in [5.41, 5.74) is 3.90. The second-order valence-corrected chi connectivity index (χ2v) is 4.99. The Labute approximate surface area is 120 Å². The molecule has 0 spiro atoms. The molecule has 1 aliphatic rings. The van der Waals surface area contributed by atoms with Gasteiger partial charge in [0.25, 0.3) is 0 Å². The third kappa shape index (κ3) is 2.75. The topological polar surface area (TPSA) is 65.7 Å². The number of rotatable bonds is 6. The molecule has 3 N–H and O–H groups in total. The van der Waals surface area contributed by atoms with Crippen LogP contribution in [0.15, 0.2) is 18.2 Å². The van der Waals surface area contributed by atoms with Crippen LogP contribution in [0.5, 0.6) is 11.5 Å². The molecule has 0 aromatic heterocycles. The van der Waals surface area contributed by atoms with E-state index < -0.39 is 0 Å². The van der Waals surface area contributed by atoms with Gasteiger partial charge in [0.2, 0.25) is 0 Å². The number of benzene rings is 1. The van der Waals surface area contributed by atoms with Crippen LogP contribution in [0.3, 0.4) is 0 Å². The minimum absolute atomic E-state index is 0.0476. The maximum absolute atomic E-state index is 5.83. The normalized spacial score (nSPS) is 23.6. The van der Waals surface area contributed by atoms with E-state index in [0.29, 0.717) is 5.92 Å². The van der Waals surface area contributed by atoms with Crippen molar-refractivity contribution in [1.82, 2.24) is 5.43 Å². The van der Waals surface area contributed by atoms with E-state index in [2.05, 4.69) is 12.3 Å². The molecule has 1 heterocycles. The van der Waals surface area contributed by atoms with Gasteiger partial charge >= 0.3 is 0 Å². The second-order valence-electron chi connectivity index (χ2n) is 4.99. The van der Waals surface area contributed by atoms with E-state index >= 15 is 0 Å². The van der Waals surface area contributed by atoms with Gasteiger partial charge in [-0.25, -0.2) is 0 Å². The van der Waals surface area contributed by atoms with Gasteiger partial charge in [0.05, 0.1) is 31.9 Å². The molecule has 3 atom stereocenters. The Bertz CT molecular complexity index is 417. The molecule has 0 radical (unpaired) electrons. The van der Waals surface area contributed by atoms with E-state index in [1.807, 2.05) is 18.2 Å². The van der Waals surface area contributed by atoms with E-state index in [1.165, 1.54) is 0 Å². The first-order valence-corrected chi connectivity index (χ1v) is 7.05. The molecule has 0 aliphatic carbocycles. The molecule has 3 unspecified atom stereocenters. The van der Waals surface area contributed by atoms with Gasteiger partial charge in [0.15, 0.2) is 0 Å². The highest BCUT2D eigenvalue weighted by Gasteiger charge is 2.36. The van der Waals surface area contributed by atoms with Crippen LogP contribution < -0.4 is 20.7 Å².